The molecule has 2 fully saturated rings. The van der Waals surface area contributed by atoms with Gasteiger partial charge in [0.25, 0.3) is 0 Å². The van der Waals surface area contributed by atoms with Crippen LogP contribution in [0.1, 0.15) is 50.4 Å². The van der Waals surface area contributed by atoms with Crippen molar-refractivity contribution in [3.8, 4) is 5.75 Å². The summed E-state index contributed by atoms with van der Waals surface area (Å²) in [5, 5.41) is 7.36. The summed E-state index contributed by atoms with van der Waals surface area (Å²) in [5.41, 5.74) is 0.685. The van der Waals surface area contributed by atoms with Crippen molar-refractivity contribution in [2.45, 2.75) is 40.0 Å². The molecule has 0 spiro atoms. The predicted octanol–water partition coefficient (Wildman–Crippen LogP) is 5.06. The maximum absolute atomic E-state index is 13.5. The van der Waals surface area contributed by atoms with E-state index < -0.39 is 11.4 Å². The molecule has 2 aliphatic carbocycles. The second-order valence-electron chi connectivity index (χ2n) is 9.18. The minimum absolute atomic E-state index is 0.0222. The standard InChI is InChI=1S/C25H28N2O4/c1-23(2)24(3)14-15-25(23,22(29)26-18-10-12-19(30-4)13-11-18)16-20(24)27-31-21(28)17-8-6-5-7-9-17/h5-13H,14-16H2,1-4H3,(H,26,29)/b27-20+. The van der Waals surface area contributed by atoms with Gasteiger partial charge in [0.15, 0.2) is 0 Å². The number of carbonyl (C=O) groups is 2. The van der Waals surface area contributed by atoms with Crippen LogP contribution in [0.4, 0.5) is 5.69 Å². The van der Waals surface area contributed by atoms with E-state index in [9.17, 15) is 9.59 Å². The summed E-state index contributed by atoms with van der Waals surface area (Å²) in [7, 11) is 1.61. The largest absolute Gasteiger partial charge is 0.497 e. The third-order valence-electron chi connectivity index (χ3n) is 7.76. The third kappa shape index (κ3) is 3.21. The summed E-state index contributed by atoms with van der Waals surface area (Å²) in [5.74, 6) is 0.223. The van der Waals surface area contributed by atoms with Crippen molar-refractivity contribution in [2.75, 3.05) is 12.4 Å². The van der Waals surface area contributed by atoms with Crippen LogP contribution >= 0.6 is 0 Å². The number of hydrogen-bond donors (Lipinski definition) is 1. The van der Waals surface area contributed by atoms with Crippen LogP contribution in [0.5, 0.6) is 5.75 Å². The Labute approximate surface area is 182 Å². The number of anilines is 1. The van der Waals surface area contributed by atoms with E-state index in [1.54, 1.807) is 31.4 Å². The van der Waals surface area contributed by atoms with Crippen molar-refractivity contribution >= 4 is 23.3 Å². The molecule has 162 valence electrons. The molecule has 2 unspecified atom stereocenters. The summed E-state index contributed by atoms with van der Waals surface area (Å²) < 4.78 is 5.19. The molecule has 2 aromatic rings. The highest BCUT2D eigenvalue weighted by Gasteiger charge is 2.71. The van der Waals surface area contributed by atoms with Gasteiger partial charge in [-0.2, -0.15) is 0 Å². The molecule has 2 aliphatic rings. The van der Waals surface area contributed by atoms with Crippen LogP contribution in [-0.2, 0) is 9.63 Å². The minimum Gasteiger partial charge on any atom is -0.497 e. The molecule has 6 nitrogen and oxygen atoms in total. The number of oxime groups is 1. The van der Waals surface area contributed by atoms with Crippen LogP contribution < -0.4 is 10.1 Å². The van der Waals surface area contributed by atoms with Crippen molar-refractivity contribution in [1.29, 1.82) is 0 Å². The fourth-order valence-electron chi connectivity index (χ4n) is 5.17. The molecule has 2 saturated carbocycles. The maximum Gasteiger partial charge on any atom is 0.365 e. The molecule has 2 atom stereocenters. The molecule has 1 N–H and O–H groups in total. The first-order valence-corrected chi connectivity index (χ1v) is 10.5. The normalized spacial score (nSPS) is 27.2. The van der Waals surface area contributed by atoms with Crippen molar-refractivity contribution < 1.29 is 19.2 Å². The van der Waals surface area contributed by atoms with Crippen molar-refractivity contribution in [2.24, 2.45) is 21.4 Å². The Hall–Kier alpha value is -3.15. The van der Waals surface area contributed by atoms with Crippen LogP contribution in [0.3, 0.4) is 0 Å². The molecular weight excluding hydrogens is 392 g/mol. The number of amides is 1. The number of hydrogen-bond acceptors (Lipinski definition) is 5. The van der Waals surface area contributed by atoms with Gasteiger partial charge in [0.2, 0.25) is 5.91 Å². The van der Waals surface area contributed by atoms with E-state index in [0.29, 0.717) is 12.0 Å². The van der Waals surface area contributed by atoms with Gasteiger partial charge in [-0.25, -0.2) is 4.79 Å². The Morgan fingerprint density at radius 1 is 0.968 bits per heavy atom. The van der Waals surface area contributed by atoms with Gasteiger partial charge >= 0.3 is 5.97 Å². The lowest BCUT2D eigenvalue weighted by molar-refractivity contribution is -0.130. The van der Waals surface area contributed by atoms with E-state index in [2.05, 4.69) is 31.2 Å². The highest BCUT2D eigenvalue weighted by Crippen LogP contribution is 2.71. The molecule has 6 heteroatoms. The molecule has 0 aliphatic heterocycles. The quantitative estimate of drug-likeness (QED) is 0.542. The Morgan fingerprint density at radius 2 is 1.65 bits per heavy atom. The Balaban J connectivity index is 1.57. The molecule has 0 aromatic heterocycles. The summed E-state index contributed by atoms with van der Waals surface area (Å²) in [6, 6.07) is 16.1. The summed E-state index contributed by atoms with van der Waals surface area (Å²) in [6.07, 6.45) is 2.06. The van der Waals surface area contributed by atoms with Crippen molar-refractivity contribution in [3.05, 3.63) is 60.2 Å². The smallest absolute Gasteiger partial charge is 0.365 e. The van der Waals surface area contributed by atoms with Gasteiger partial charge in [0.1, 0.15) is 5.75 Å². The number of nitrogens with one attached hydrogen (secondary N) is 1. The monoisotopic (exact) mass is 420 g/mol. The Morgan fingerprint density at radius 3 is 2.29 bits per heavy atom. The molecule has 2 bridgehead atoms. The molecule has 0 heterocycles. The van der Waals surface area contributed by atoms with Crippen LogP contribution in [0.2, 0.25) is 0 Å². The summed E-state index contributed by atoms with van der Waals surface area (Å²) in [4.78, 5) is 31.2. The average Bonchev–Trinajstić information content (AvgIpc) is 3.09. The number of rotatable bonds is 5. The van der Waals surface area contributed by atoms with Gasteiger partial charge in [0.05, 0.1) is 23.8 Å². The Bertz CT molecular complexity index is 1030. The van der Waals surface area contributed by atoms with E-state index in [-0.39, 0.29) is 16.7 Å². The first kappa shape index (κ1) is 21.1. The second kappa shape index (κ2) is 7.52. The number of ether oxygens (including phenoxy) is 1. The van der Waals surface area contributed by atoms with Crippen molar-refractivity contribution in [3.63, 3.8) is 0 Å². The van der Waals surface area contributed by atoms with Crippen molar-refractivity contribution in [1.82, 2.24) is 0 Å². The highest BCUT2D eigenvalue weighted by atomic mass is 16.7. The first-order chi connectivity index (χ1) is 14.7. The van der Waals surface area contributed by atoms with Crippen LogP contribution in [-0.4, -0.2) is 24.7 Å². The molecule has 4 rings (SSSR count). The van der Waals surface area contributed by atoms with E-state index in [4.69, 9.17) is 9.57 Å². The molecule has 0 radical (unpaired) electrons. The second-order valence-corrected chi connectivity index (χ2v) is 9.18. The van der Waals surface area contributed by atoms with E-state index in [1.807, 2.05) is 30.3 Å². The molecule has 1 amide bonds. The summed E-state index contributed by atoms with van der Waals surface area (Å²) >= 11 is 0. The number of carbonyl (C=O) groups excluding carboxylic acids is 2. The number of nitrogens with zero attached hydrogens (tertiary/aromatic N) is 1. The van der Waals surface area contributed by atoms with Crippen LogP contribution in [0.25, 0.3) is 0 Å². The first-order valence-electron chi connectivity index (χ1n) is 10.5. The third-order valence-corrected chi connectivity index (χ3v) is 7.76. The highest BCUT2D eigenvalue weighted by molar-refractivity contribution is 6.06. The van der Waals surface area contributed by atoms with E-state index in [1.165, 1.54) is 0 Å². The van der Waals surface area contributed by atoms with Gasteiger partial charge in [-0.15, -0.1) is 0 Å². The van der Waals surface area contributed by atoms with Gasteiger partial charge in [-0.1, -0.05) is 44.1 Å². The van der Waals surface area contributed by atoms with E-state index >= 15 is 0 Å². The van der Waals surface area contributed by atoms with E-state index in [0.717, 1.165) is 30.0 Å². The van der Waals surface area contributed by atoms with Gasteiger partial charge in [0, 0.05) is 17.5 Å². The zero-order chi connectivity index (χ0) is 22.3. The molecular formula is C25H28N2O4. The van der Waals surface area contributed by atoms with Gasteiger partial charge < -0.3 is 14.9 Å². The molecule has 2 aromatic carbocycles. The fraction of sp³-hybridized carbons (Fsp3) is 0.400. The number of benzene rings is 2. The van der Waals surface area contributed by atoms with Crippen LogP contribution in [0, 0.1) is 16.2 Å². The zero-order valence-corrected chi connectivity index (χ0v) is 18.4. The minimum atomic E-state index is -0.611. The zero-order valence-electron chi connectivity index (χ0n) is 18.4. The number of methoxy groups -OCH3 is 1. The maximum atomic E-state index is 13.5. The summed E-state index contributed by atoms with van der Waals surface area (Å²) in [6.45, 7) is 6.36. The lowest BCUT2D eigenvalue weighted by Gasteiger charge is -2.39. The number of fused-ring (bicyclic) bond motifs is 2. The Kier molecular flexibility index (Phi) is 5.12. The van der Waals surface area contributed by atoms with Gasteiger partial charge in [-0.05, 0) is 54.7 Å². The SMILES string of the molecule is COc1ccc(NC(=O)C23CCC(C)(/C(=N/OC(=O)c4ccccc4)C2)C3(C)C)cc1. The average molecular weight is 421 g/mol. The van der Waals surface area contributed by atoms with Crippen LogP contribution in [0.15, 0.2) is 59.8 Å². The molecule has 31 heavy (non-hydrogen) atoms. The molecule has 0 saturated heterocycles. The van der Waals surface area contributed by atoms with Gasteiger partial charge in [-0.3, -0.25) is 4.79 Å². The lowest BCUT2D eigenvalue weighted by Crippen LogP contribution is -2.43. The predicted molar refractivity (Wildman–Crippen MR) is 119 cm³/mol. The fourth-order valence-corrected chi connectivity index (χ4v) is 5.17. The topological polar surface area (TPSA) is 77.0 Å². The lowest BCUT2D eigenvalue weighted by atomic mass is 9.64.